The summed E-state index contributed by atoms with van der Waals surface area (Å²) in [5.41, 5.74) is 1.34. The number of aliphatic imine (C=N–C) groups is 1. The summed E-state index contributed by atoms with van der Waals surface area (Å²) >= 11 is 0. The Morgan fingerprint density at radius 2 is 1.88 bits per heavy atom. The summed E-state index contributed by atoms with van der Waals surface area (Å²) in [6, 6.07) is 7.58. The van der Waals surface area contributed by atoms with Crippen molar-refractivity contribution in [1.29, 1.82) is 0 Å². The molecule has 0 saturated carbocycles. The Hall–Kier alpha value is -2.89. The highest BCUT2D eigenvalue weighted by molar-refractivity contribution is 6.31. The second-order valence-corrected chi connectivity index (χ2v) is 6.78. The second kappa shape index (κ2) is 5.33. The minimum atomic E-state index is -0.671. The van der Waals surface area contributed by atoms with Gasteiger partial charge in [0.25, 0.3) is 5.56 Å². The zero-order valence-corrected chi connectivity index (χ0v) is 14.0. The molecule has 0 radical (unpaired) electrons. The molecule has 1 aromatic heterocycles. The monoisotopic (exact) mass is 325 g/mol. The lowest BCUT2D eigenvalue weighted by Crippen LogP contribution is -2.39. The van der Waals surface area contributed by atoms with E-state index in [4.69, 9.17) is 0 Å². The van der Waals surface area contributed by atoms with Gasteiger partial charge < -0.3 is 5.11 Å². The van der Waals surface area contributed by atoms with Gasteiger partial charge in [0.2, 0.25) is 5.88 Å². The fourth-order valence-corrected chi connectivity index (χ4v) is 2.85. The number of nitrogens with one attached hydrogen (secondary N) is 1. The maximum Gasteiger partial charge on any atom is 0.331 e. The summed E-state index contributed by atoms with van der Waals surface area (Å²) in [5, 5.41) is 10.5. The SMILES string of the molecule is CC1=Nc2ccccc2/C1=C\c1c(O)n(C(C)(C)C)c(=O)[nH]c1=O. The molecular formula is C18H19N3O3. The highest BCUT2D eigenvalue weighted by Crippen LogP contribution is 2.36. The number of hydrogen-bond acceptors (Lipinski definition) is 4. The highest BCUT2D eigenvalue weighted by Gasteiger charge is 2.24. The largest absolute Gasteiger partial charge is 0.494 e. The van der Waals surface area contributed by atoms with Crippen LogP contribution in [0.3, 0.4) is 0 Å². The van der Waals surface area contributed by atoms with Crippen LogP contribution in [-0.2, 0) is 5.54 Å². The molecule has 0 spiro atoms. The molecule has 1 aliphatic rings. The first-order chi connectivity index (χ1) is 11.2. The van der Waals surface area contributed by atoms with Crippen molar-refractivity contribution in [2.24, 2.45) is 4.99 Å². The van der Waals surface area contributed by atoms with Crippen LogP contribution in [0.15, 0.2) is 38.8 Å². The smallest absolute Gasteiger partial charge is 0.331 e. The van der Waals surface area contributed by atoms with Crippen molar-refractivity contribution in [1.82, 2.24) is 9.55 Å². The molecule has 1 aliphatic heterocycles. The lowest BCUT2D eigenvalue weighted by Gasteiger charge is -2.23. The average molecular weight is 325 g/mol. The van der Waals surface area contributed by atoms with Crippen LogP contribution in [0.5, 0.6) is 5.88 Å². The molecule has 0 fully saturated rings. The predicted molar refractivity (Wildman–Crippen MR) is 95.1 cm³/mol. The lowest BCUT2D eigenvalue weighted by atomic mass is 10.0. The van der Waals surface area contributed by atoms with Gasteiger partial charge in [-0.15, -0.1) is 0 Å². The standard InChI is InChI=1S/C18H19N3O3/c1-10-12(11-7-5-6-8-14(11)19-10)9-13-15(22)20-17(24)21(16(13)23)18(2,3)4/h5-9,23H,1-4H3,(H,20,22,24)/b12-9-. The highest BCUT2D eigenvalue weighted by atomic mass is 16.3. The van der Waals surface area contributed by atoms with E-state index in [-0.39, 0.29) is 11.4 Å². The van der Waals surface area contributed by atoms with Crippen LogP contribution in [0.4, 0.5) is 5.69 Å². The van der Waals surface area contributed by atoms with Crippen molar-refractivity contribution in [2.45, 2.75) is 33.2 Å². The van der Waals surface area contributed by atoms with Crippen molar-refractivity contribution in [3.8, 4) is 5.88 Å². The molecule has 0 saturated heterocycles. The average Bonchev–Trinajstić information content (AvgIpc) is 2.77. The molecule has 6 heteroatoms. The number of hydrogen-bond donors (Lipinski definition) is 2. The Morgan fingerprint density at radius 1 is 1.21 bits per heavy atom. The minimum Gasteiger partial charge on any atom is -0.494 e. The number of rotatable bonds is 1. The number of H-pyrrole nitrogens is 1. The van der Waals surface area contributed by atoms with E-state index in [0.717, 1.165) is 22.5 Å². The van der Waals surface area contributed by atoms with Gasteiger partial charge in [-0.1, -0.05) is 18.2 Å². The van der Waals surface area contributed by atoms with E-state index >= 15 is 0 Å². The zero-order valence-electron chi connectivity index (χ0n) is 14.0. The topological polar surface area (TPSA) is 87.4 Å². The second-order valence-electron chi connectivity index (χ2n) is 6.78. The summed E-state index contributed by atoms with van der Waals surface area (Å²) in [5.74, 6) is -0.346. The first-order valence-corrected chi connectivity index (χ1v) is 7.65. The van der Waals surface area contributed by atoms with Crippen molar-refractivity contribution in [2.75, 3.05) is 0 Å². The van der Waals surface area contributed by atoms with Gasteiger partial charge in [0, 0.05) is 22.4 Å². The third kappa shape index (κ3) is 2.50. The summed E-state index contributed by atoms with van der Waals surface area (Å²) in [6.07, 6.45) is 1.58. The van der Waals surface area contributed by atoms with Gasteiger partial charge in [-0.05, 0) is 39.8 Å². The quantitative estimate of drug-likeness (QED) is 0.845. The minimum absolute atomic E-state index is 0.0470. The maximum atomic E-state index is 12.2. The molecule has 1 aromatic carbocycles. The van der Waals surface area contributed by atoms with Gasteiger partial charge in [-0.25, -0.2) is 4.79 Å². The number of nitrogens with zero attached hydrogens (tertiary/aromatic N) is 2. The van der Waals surface area contributed by atoms with E-state index in [1.807, 2.05) is 31.2 Å². The van der Waals surface area contributed by atoms with Gasteiger partial charge in [-0.2, -0.15) is 0 Å². The number of aromatic amines is 1. The van der Waals surface area contributed by atoms with Crippen LogP contribution in [-0.4, -0.2) is 20.4 Å². The molecule has 0 atom stereocenters. The van der Waals surface area contributed by atoms with Crippen LogP contribution in [0.1, 0.15) is 38.8 Å². The fraction of sp³-hybridized carbons (Fsp3) is 0.278. The molecule has 0 bridgehead atoms. The Labute approximate surface area is 138 Å². The van der Waals surface area contributed by atoms with Gasteiger partial charge in [0.15, 0.2) is 0 Å². The van der Waals surface area contributed by atoms with E-state index in [0.29, 0.717) is 0 Å². The third-order valence-corrected chi connectivity index (χ3v) is 3.95. The van der Waals surface area contributed by atoms with Crippen LogP contribution in [0.25, 0.3) is 11.6 Å². The molecule has 124 valence electrons. The Morgan fingerprint density at radius 3 is 2.54 bits per heavy atom. The zero-order chi connectivity index (χ0) is 17.6. The molecule has 3 rings (SSSR count). The van der Waals surface area contributed by atoms with E-state index in [2.05, 4.69) is 9.98 Å². The molecule has 24 heavy (non-hydrogen) atoms. The van der Waals surface area contributed by atoms with E-state index in [9.17, 15) is 14.7 Å². The Kier molecular flexibility index (Phi) is 3.55. The maximum absolute atomic E-state index is 12.2. The molecule has 0 amide bonds. The van der Waals surface area contributed by atoms with Crippen LogP contribution < -0.4 is 11.2 Å². The summed E-state index contributed by atoms with van der Waals surface area (Å²) in [4.78, 5) is 31.0. The molecule has 2 N–H and O–H groups in total. The predicted octanol–water partition coefficient (Wildman–Crippen LogP) is 2.64. The number of allylic oxidation sites excluding steroid dienone is 1. The number of para-hydroxylation sites is 1. The van der Waals surface area contributed by atoms with Gasteiger partial charge in [0.1, 0.15) is 5.56 Å². The van der Waals surface area contributed by atoms with Crippen molar-refractivity contribution in [3.63, 3.8) is 0 Å². The fourth-order valence-electron chi connectivity index (χ4n) is 2.85. The number of benzene rings is 1. The van der Waals surface area contributed by atoms with E-state index in [1.54, 1.807) is 26.8 Å². The Balaban J connectivity index is 2.28. The molecule has 0 unspecified atom stereocenters. The number of fused-ring (bicyclic) bond motifs is 1. The van der Waals surface area contributed by atoms with Gasteiger partial charge in [-0.3, -0.25) is 19.3 Å². The van der Waals surface area contributed by atoms with Crippen LogP contribution >= 0.6 is 0 Å². The van der Waals surface area contributed by atoms with Crippen LogP contribution in [0.2, 0.25) is 0 Å². The first-order valence-electron chi connectivity index (χ1n) is 7.65. The van der Waals surface area contributed by atoms with Crippen molar-refractivity contribution in [3.05, 3.63) is 56.2 Å². The molecule has 2 aromatic rings. The van der Waals surface area contributed by atoms with Crippen molar-refractivity contribution < 1.29 is 5.11 Å². The molecule has 6 nitrogen and oxygen atoms in total. The molecular weight excluding hydrogens is 306 g/mol. The number of aromatic hydroxyl groups is 1. The summed E-state index contributed by atoms with van der Waals surface area (Å²) in [7, 11) is 0. The van der Waals surface area contributed by atoms with Crippen molar-refractivity contribution >= 4 is 23.0 Å². The summed E-state index contributed by atoms with van der Waals surface area (Å²) in [6.45, 7) is 7.18. The van der Waals surface area contributed by atoms with Crippen LogP contribution in [0, 0.1) is 0 Å². The lowest BCUT2D eigenvalue weighted by molar-refractivity contribution is 0.305. The molecule has 2 heterocycles. The van der Waals surface area contributed by atoms with E-state index < -0.39 is 16.8 Å². The van der Waals surface area contributed by atoms with E-state index in [1.165, 1.54) is 4.57 Å². The summed E-state index contributed by atoms with van der Waals surface area (Å²) < 4.78 is 1.17. The van der Waals surface area contributed by atoms with Gasteiger partial charge in [0.05, 0.1) is 5.69 Å². The normalized spacial score (nSPS) is 15.5. The van der Waals surface area contributed by atoms with Gasteiger partial charge >= 0.3 is 5.69 Å². The Bertz CT molecular complexity index is 1000. The first kappa shape index (κ1) is 16.0. The molecule has 0 aliphatic carbocycles. The third-order valence-electron chi connectivity index (χ3n) is 3.95. The number of aromatic nitrogens is 2.